The second-order valence-corrected chi connectivity index (χ2v) is 9.53. The normalized spacial score (nSPS) is 18.9. The number of Topliss-reactive ketones (excluding diaryl/α,β-unsaturated/α-hetero) is 1. The van der Waals surface area contributed by atoms with Gasteiger partial charge in [0.15, 0.2) is 5.78 Å². The van der Waals surface area contributed by atoms with Crippen molar-refractivity contribution in [1.82, 2.24) is 4.90 Å². The number of carbonyl (C=O) groups excluding carboxylic acids is 2. The van der Waals surface area contributed by atoms with Crippen molar-refractivity contribution in [2.45, 2.75) is 66.5 Å². The summed E-state index contributed by atoms with van der Waals surface area (Å²) in [5, 5.41) is 2.15. The summed E-state index contributed by atoms with van der Waals surface area (Å²) in [6.45, 7) is 16.0. The number of fused-ring (bicyclic) bond motifs is 1. The Morgan fingerprint density at radius 1 is 1.03 bits per heavy atom. The van der Waals surface area contributed by atoms with Gasteiger partial charge in [-0.25, -0.2) is 4.79 Å². The highest BCUT2D eigenvalue weighted by molar-refractivity contribution is 6.02. The van der Waals surface area contributed by atoms with Gasteiger partial charge < -0.3 is 9.64 Å². The fourth-order valence-electron chi connectivity index (χ4n) is 4.64. The highest BCUT2D eigenvalue weighted by Crippen LogP contribution is 2.39. The zero-order valence-corrected chi connectivity index (χ0v) is 20.1. The fourth-order valence-corrected chi connectivity index (χ4v) is 4.64. The highest BCUT2D eigenvalue weighted by Gasteiger charge is 2.35. The van der Waals surface area contributed by atoms with Gasteiger partial charge in [0.2, 0.25) is 0 Å². The molecule has 32 heavy (non-hydrogen) atoms. The zero-order valence-electron chi connectivity index (χ0n) is 20.1. The van der Waals surface area contributed by atoms with Crippen molar-refractivity contribution in [3.63, 3.8) is 0 Å². The number of allylic oxidation sites excluding steroid dienone is 3. The first-order chi connectivity index (χ1) is 15.1. The molecule has 4 heteroatoms. The molecule has 0 spiro atoms. The van der Waals surface area contributed by atoms with E-state index in [1.165, 1.54) is 0 Å². The number of ketones is 1. The number of rotatable bonds is 6. The fraction of sp³-hybridized carbons (Fsp3) is 0.429. The third kappa shape index (κ3) is 4.95. The molecular weight excluding hydrogens is 398 g/mol. The van der Waals surface area contributed by atoms with Gasteiger partial charge in [-0.1, -0.05) is 48.6 Å². The van der Waals surface area contributed by atoms with E-state index >= 15 is 0 Å². The topological polar surface area (TPSA) is 46.6 Å². The van der Waals surface area contributed by atoms with Crippen LogP contribution in [0.4, 0.5) is 4.79 Å². The molecule has 170 valence electrons. The van der Waals surface area contributed by atoms with E-state index in [9.17, 15) is 9.59 Å². The first kappa shape index (κ1) is 23.8. The Hall–Kier alpha value is -2.88. The van der Waals surface area contributed by atoms with Gasteiger partial charge in [-0.3, -0.25) is 4.79 Å². The summed E-state index contributed by atoms with van der Waals surface area (Å²) in [4.78, 5) is 28.3. The van der Waals surface area contributed by atoms with Crippen LogP contribution < -0.4 is 0 Å². The van der Waals surface area contributed by atoms with Gasteiger partial charge in [0.1, 0.15) is 5.76 Å². The maximum atomic E-state index is 13.6. The van der Waals surface area contributed by atoms with Gasteiger partial charge in [-0.05, 0) is 76.3 Å². The van der Waals surface area contributed by atoms with Crippen LogP contribution in [0.2, 0.25) is 0 Å². The predicted molar refractivity (Wildman–Crippen MR) is 131 cm³/mol. The lowest BCUT2D eigenvalue weighted by Gasteiger charge is -2.34. The van der Waals surface area contributed by atoms with Crippen molar-refractivity contribution >= 4 is 22.6 Å². The van der Waals surface area contributed by atoms with Crippen LogP contribution in [0.1, 0.15) is 64.7 Å². The summed E-state index contributed by atoms with van der Waals surface area (Å²) in [7, 11) is 0. The van der Waals surface area contributed by atoms with Crippen molar-refractivity contribution in [1.29, 1.82) is 0 Å². The van der Waals surface area contributed by atoms with Crippen LogP contribution in [-0.4, -0.2) is 28.9 Å². The molecule has 0 unspecified atom stereocenters. The van der Waals surface area contributed by atoms with Crippen LogP contribution in [0.15, 0.2) is 65.9 Å². The summed E-state index contributed by atoms with van der Waals surface area (Å²) in [5.41, 5.74) is 2.54. The van der Waals surface area contributed by atoms with Gasteiger partial charge in [0.25, 0.3) is 0 Å². The molecule has 0 saturated carbocycles. The van der Waals surface area contributed by atoms with E-state index in [0.717, 1.165) is 21.9 Å². The Morgan fingerprint density at radius 3 is 2.25 bits per heavy atom. The predicted octanol–water partition coefficient (Wildman–Crippen LogP) is 7.15. The first-order valence-corrected chi connectivity index (χ1v) is 11.5. The Bertz CT molecular complexity index is 1060. The molecule has 3 rings (SSSR count). The molecule has 0 heterocycles. The van der Waals surface area contributed by atoms with Gasteiger partial charge in [0.05, 0.1) is 0 Å². The molecule has 0 aromatic heterocycles. The monoisotopic (exact) mass is 433 g/mol. The van der Waals surface area contributed by atoms with Gasteiger partial charge in [-0.2, -0.15) is 0 Å². The number of carbonyl (C=O) groups is 2. The van der Waals surface area contributed by atoms with Crippen LogP contribution in [0.5, 0.6) is 0 Å². The van der Waals surface area contributed by atoms with E-state index in [-0.39, 0.29) is 35.8 Å². The molecule has 0 fully saturated rings. The van der Waals surface area contributed by atoms with Gasteiger partial charge in [0, 0.05) is 30.0 Å². The third-order valence-corrected chi connectivity index (χ3v) is 6.50. The standard InChI is InChI=1S/C28H35NO3/c1-17(2)24-15-25(27(30)23-13-12-21-10-8-9-11-22(21)14-23)20(7)26(16-24)32-28(31)29(18(3)4)19(5)6/h8-14,18-19,24-25H,1,15-16H2,2-7H3/t24-,25-/m1/s1. The lowest BCUT2D eigenvalue weighted by atomic mass is 9.75. The van der Waals surface area contributed by atoms with E-state index in [4.69, 9.17) is 4.74 Å². The van der Waals surface area contributed by atoms with Crippen molar-refractivity contribution in [3.05, 3.63) is 71.5 Å². The van der Waals surface area contributed by atoms with Crippen LogP contribution in [-0.2, 0) is 4.74 Å². The minimum atomic E-state index is -0.358. The maximum absolute atomic E-state index is 13.6. The lowest BCUT2D eigenvalue weighted by molar-refractivity contribution is 0.0847. The summed E-state index contributed by atoms with van der Waals surface area (Å²) in [6.07, 6.45) is 0.924. The van der Waals surface area contributed by atoms with Gasteiger partial charge >= 0.3 is 6.09 Å². The zero-order chi connectivity index (χ0) is 23.6. The third-order valence-electron chi connectivity index (χ3n) is 6.50. The van der Waals surface area contributed by atoms with Crippen LogP contribution in [0, 0.1) is 11.8 Å². The van der Waals surface area contributed by atoms with Crippen LogP contribution in [0.25, 0.3) is 10.8 Å². The van der Waals surface area contributed by atoms with Crippen molar-refractivity contribution in [2.75, 3.05) is 0 Å². The molecule has 0 aliphatic heterocycles. The molecule has 2 aromatic carbocycles. The van der Waals surface area contributed by atoms with Crippen LogP contribution >= 0.6 is 0 Å². The summed E-state index contributed by atoms with van der Waals surface area (Å²) in [6, 6.07) is 13.9. The van der Waals surface area contributed by atoms with E-state index in [1.54, 1.807) is 4.90 Å². The molecule has 2 atom stereocenters. The molecule has 0 bridgehead atoms. The molecule has 0 saturated heterocycles. The molecule has 1 aliphatic rings. The molecular formula is C28H35NO3. The molecule has 1 amide bonds. The Balaban J connectivity index is 1.95. The number of ether oxygens (including phenoxy) is 1. The minimum absolute atomic E-state index is 0.0268. The summed E-state index contributed by atoms with van der Waals surface area (Å²) < 4.78 is 5.93. The molecule has 1 aliphatic carbocycles. The van der Waals surface area contributed by atoms with Crippen molar-refractivity contribution in [3.8, 4) is 0 Å². The Kier molecular flexibility index (Phi) is 7.22. The average Bonchev–Trinajstić information content (AvgIpc) is 2.73. The maximum Gasteiger partial charge on any atom is 0.415 e. The smallest absolute Gasteiger partial charge is 0.415 e. The Morgan fingerprint density at radius 2 is 1.66 bits per heavy atom. The Labute approximate surface area is 191 Å². The largest absolute Gasteiger partial charge is 0.415 e. The average molecular weight is 434 g/mol. The minimum Gasteiger partial charge on any atom is -0.415 e. The number of amides is 1. The van der Waals surface area contributed by atoms with Crippen molar-refractivity contribution in [2.24, 2.45) is 11.8 Å². The quantitative estimate of drug-likeness (QED) is 0.359. The number of benzene rings is 2. The number of hydrogen-bond donors (Lipinski definition) is 0. The summed E-state index contributed by atoms with van der Waals surface area (Å²) in [5.74, 6) is 0.445. The van der Waals surface area contributed by atoms with E-state index in [0.29, 0.717) is 24.2 Å². The van der Waals surface area contributed by atoms with Crippen molar-refractivity contribution < 1.29 is 14.3 Å². The second kappa shape index (κ2) is 9.72. The molecule has 2 aromatic rings. The second-order valence-electron chi connectivity index (χ2n) is 9.53. The number of nitrogens with zero attached hydrogens (tertiary/aromatic N) is 1. The molecule has 4 nitrogen and oxygen atoms in total. The van der Waals surface area contributed by atoms with E-state index < -0.39 is 0 Å². The van der Waals surface area contributed by atoms with E-state index in [1.807, 2.05) is 84.0 Å². The molecule has 0 N–H and O–H groups in total. The van der Waals surface area contributed by atoms with E-state index in [2.05, 4.69) is 6.58 Å². The summed E-state index contributed by atoms with van der Waals surface area (Å²) >= 11 is 0. The SMILES string of the molecule is C=C(C)[C@H]1CC(OC(=O)N(C(C)C)C(C)C)=C(C)[C@H](C(=O)c2ccc3ccccc3c2)C1. The van der Waals surface area contributed by atoms with Crippen LogP contribution in [0.3, 0.4) is 0 Å². The highest BCUT2D eigenvalue weighted by atomic mass is 16.6. The van der Waals surface area contributed by atoms with Gasteiger partial charge in [-0.15, -0.1) is 0 Å². The lowest BCUT2D eigenvalue weighted by Crippen LogP contribution is -2.42. The number of hydrogen-bond acceptors (Lipinski definition) is 3. The molecule has 0 radical (unpaired) electrons. The first-order valence-electron chi connectivity index (χ1n) is 11.5.